The highest BCUT2D eigenvalue weighted by atomic mass is 32.2. The fourth-order valence-corrected chi connectivity index (χ4v) is 2.99. The molecule has 0 heterocycles. The minimum absolute atomic E-state index is 0.278. The zero-order valence-corrected chi connectivity index (χ0v) is 13.1. The van der Waals surface area contributed by atoms with E-state index in [0.717, 1.165) is 11.3 Å². The molecule has 2 aromatic carbocycles. The van der Waals surface area contributed by atoms with Gasteiger partial charge in [-0.1, -0.05) is 30.3 Å². The van der Waals surface area contributed by atoms with Crippen LogP contribution in [0.25, 0.3) is 0 Å². The summed E-state index contributed by atoms with van der Waals surface area (Å²) < 4.78 is 32.1. The maximum absolute atomic E-state index is 12.1. The number of nitrogens with two attached hydrogens (primary N) is 1. The first-order valence-corrected chi connectivity index (χ1v) is 8.56. The summed E-state index contributed by atoms with van der Waals surface area (Å²) in [6, 6.07) is 15.9. The van der Waals surface area contributed by atoms with Crippen molar-refractivity contribution in [2.24, 2.45) is 5.73 Å². The van der Waals surface area contributed by atoms with Gasteiger partial charge in [-0.05, 0) is 36.2 Å². The molecule has 0 aliphatic rings. The van der Waals surface area contributed by atoms with Crippen molar-refractivity contribution in [3.05, 3.63) is 60.2 Å². The Bertz CT molecular complexity index is 670. The first-order chi connectivity index (χ1) is 10.6. The quantitative estimate of drug-likeness (QED) is 0.773. The molecule has 0 aliphatic carbocycles. The van der Waals surface area contributed by atoms with Crippen LogP contribution in [0.2, 0.25) is 0 Å². The minimum atomic E-state index is -3.44. The third kappa shape index (κ3) is 4.84. The van der Waals surface area contributed by atoms with E-state index in [1.165, 1.54) is 0 Å². The Labute approximate surface area is 131 Å². The summed E-state index contributed by atoms with van der Waals surface area (Å²) in [6.07, 6.45) is 0.614. The van der Waals surface area contributed by atoms with Crippen molar-refractivity contribution < 1.29 is 13.2 Å². The summed E-state index contributed by atoms with van der Waals surface area (Å²) in [5.74, 6) is 0.763. The predicted octanol–water partition coefficient (Wildman–Crippen LogP) is 1.55. The van der Waals surface area contributed by atoms with Gasteiger partial charge in [-0.15, -0.1) is 0 Å². The zero-order chi connectivity index (χ0) is 15.8. The van der Waals surface area contributed by atoms with E-state index in [1.807, 2.05) is 24.3 Å². The van der Waals surface area contributed by atoms with Crippen LogP contribution in [0.4, 0.5) is 0 Å². The van der Waals surface area contributed by atoms with Crippen molar-refractivity contribution in [1.29, 1.82) is 0 Å². The summed E-state index contributed by atoms with van der Waals surface area (Å²) in [5.41, 5.74) is 6.41. The Morgan fingerprint density at radius 2 is 1.68 bits per heavy atom. The highest BCUT2D eigenvalue weighted by Gasteiger charge is 2.12. The summed E-state index contributed by atoms with van der Waals surface area (Å²) in [5, 5.41) is 0. The maximum Gasteiger partial charge on any atom is 0.240 e. The van der Waals surface area contributed by atoms with Gasteiger partial charge in [0, 0.05) is 13.1 Å². The van der Waals surface area contributed by atoms with Gasteiger partial charge >= 0.3 is 0 Å². The lowest BCUT2D eigenvalue weighted by molar-refractivity contribution is 0.328. The van der Waals surface area contributed by atoms with Crippen LogP contribution in [0.3, 0.4) is 0 Å². The molecule has 22 heavy (non-hydrogen) atoms. The molecule has 0 saturated heterocycles. The van der Waals surface area contributed by atoms with Gasteiger partial charge in [0.2, 0.25) is 10.0 Å². The molecule has 0 atom stereocenters. The summed E-state index contributed by atoms with van der Waals surface area (Å²) >= 11 is 0. The molecule has 0 aromatic heterocycles. The third-order valence-electron chi connectivity index (χ3n) is 3.07. The fourth-order valence-electron chi connectivity index (χ4n) is 1.94. The van der Waals surface area contributed by atoms with Crippen LogP contribution < -0.4 is 15.2 Å². The largest absolute Gasteiger partial charge is 0.492 e. The van der Waals surface area contributed by atoms with Crippen molar-refractivity contribution in [1.82, 2.24) is 4.72 Å². The average molecular weight is 320 g/mol. The van der Waals surface area contributed by atoms with Gasteiger partial charge in [0.25, 0.3) is 0 Å². The van der Waals surface area contributed by atoms with Crippen LogP contribution in [0.1, 0.15) is 5.56 Å². The van der Waals surface area contributed by atoms with Crippen molar-refractivity contribution in [2.45, 2.75) is 11.3 Å². The number of nitrogens with one attached hydrogen (secondary N) is 1. The van der Waals surface area contributed by atoms with E-state index in [-0.39, 0.29) is 4.90 Å². The summed E-state index contributed by atoms with van der Waals surface area (Å²) in [4.78, 5) is 0.278. The molecule has 0 saturated carbocycles. The smallest absolute Gasteiger partial charge is 0.240 e. The van der Waals surface area contributed by atoms with Crippen LogP contribution >= 0.6 is 0 Å². The number of sulfonamides is 1. The molecule has 118 valence electrons. The molecule has 0 bridgehead atoms. The molecule has 6 heteroatoms. The Balaban J connectivity index is 1.86. The van der Waals surface area contributed by atoms with Crippen molar-refractivity contribution >= 4 is 10.0 Å². The Morgan fingerprint density at radius 3 is 2.32 bits per heavy atom. The Morgan fingerprint density at radius 1 is 1.00 bits per heavy atom. The lowest BCUT2D eigenvalue weighted by Crippen LogP contribution is -2.25. The Hall–Kier alpha value is -1.89. The molecule has 3 N–H and O–H groups in total. The van der Waals surface area contributed by atoms with E-state index in [4.69, 9.17) is 10.5 Å². The van der Waals surface area contributed by atoms with Crippen LogP contribution in [0, 0.1) is 0 Å². The molecule has 0 amide bonds. The second-order valence-corrected chi connectivity index (χ2v) is 6.51. The van der Waals surface area contributed by atoms with Gasteiger partial charge in [0.15, 0.2) is 0 Å². The van der Waals surface area contributed by atoms with Crippen molar-refractivity contribution in [3.8, 4) is 5.75 Å². The monoisotopic (exact) mass is 320 g/mol. The number of rotatable bonds is 8. The standard InChI is InChI=1S/C16H20N2O3S/c17-11-13-21-15-8-6-14(7-9-15)10-12-18-22(19,20)16-4-2-1-3-5-16/h1-9,18H,10-13,17H2. The third-order valence-corrected chi connectivity index (χ3v) is 4.55. The van der Waals surface area contributed by atoms with Crippen LogP contribution in [-0.2, 0) is 16.4 Å². The molecule has 2 aromatic rings. The number of hydrogen-bond acceptors (Lipinski definition) is 4. The molecule has 0 spiro atoms. The normalized spacial score (nSPS) is 11.3. The number of hydrogen-bond donors (Lipinski definition) is 2. The predicted molar refractivity (Wildman–Crippen MR) is 86.3 cm³/mol. The van der Waals surface area contributed by atoms with Crippen molar-refractivity contribution in [2.75, 3.05) is 19.7 Å². The summed E-state index contributed by atoms with van der Waals surface area (Å²) in [6.45, 7) is 1.31. The molecule has 5 nitrogen and oxygen atoms in total. The topological polar surface area (TPSA) is 81.4 Å². The van der Waals surface area contributed by atoms with Gasteiger partial charge in [-0.3, -0.25) is 0 Å². The van der Waals surface area contributed by atoms with Crippen LogP contribution in [0.5, 0.6) is 5.75 Å². The van der Waals surface area contributed by atoms with Gasteiger partial charge in [-0.25, -0.2) is 13.1 Å². The maximum atomic E-state index is 12.1. The van der Waals surface area contributed by atoms with E-state index in [1.54, 1.807) is 30.3 Å². The molecule has 0 aliphatic heterocycles. The average Bonchev–Trinajstić information content (AvgIpc) is 2.55. The van der Waals surface area contributed by atoms with E-state index in [2.05, 4.69) is 4.72 Å². The second kappa shape index (κ2) is 7.93. The molecule has 0 unspecified atom stereocenters. The van der Waals surface area contributed by atoms with Gasteiger partial charge in [-0.2, -0.15) is 0 Å². The fraction of sp³-hybridized carbons (Fsp3) is 0.250. The Kier molecular flexibility index (Phi) is 5.94. The van der Waals surface area contributed by atoms with Gasteiger partial charge in [0.05, 0.1) is 4.90 Å². The van der Waals surface area contributed by atoms with Gasteiger partial charge in [0.1, 0.15) is 12.4 Å². The first kappa shape index (κ1) is 16.5. The van der Waals surface area contributed by atoms with Crippen molar-refractivity contribution in [3.63, 3.8) is 0 Å². The molecule has 2 rings (SSSR count). The van der Waals surface area contributed by atoms with E-state index >= 15 is 0 Å². The highest BCUT2D eigenvalue weighted by molar-refractivity contribution is 7.89. The lowest BCUT2D eigenvalue weighted by Gasteiger charge is -2.08. The van der Waals surface area contributed by atoms with Crippen LogP contribution in [-0.4, -0.2) is 28.1 Å². The van der Waals surface area contributed by atoms with Crippen LogP contribution in [0.15, 0.2) is 59.5 Å². The molecular formula is C16H20N2O3S. The lowest BCUT2D eigenvalue weighted by atomic mass is 10.1. The molecule has 0 radical (unpaired) electrons. The number of benzene rings is 2. The van der Waals surface area contributed by atoms with E-state index < -0.39 is 10.0 Å². The molecular weight excluding hydrogens is 300 g/mol. The highest BCUT2D eigenvalue weighted by Crippen LogP contribution is 2.12. The molecule has 0 fully saturated rings. The summed E-state index contributed by atoms with van der Waals surface area (Å²) in [7, 11) is -3.44. The number of ether oxygens (including phenoxy) is 1. The first-order valence-electron chi connectivity index (χ1n) is 7.08. The van der Waals surface area contributed by atoms with E-state index in [9.17, 15) is 8.42 Å². The SMILES string of the molecule is NCCOc1ccc(CCNS(=O)(=O)c2ccccc2)cc1. The second-order valence-electron chi connectivity index (χ2n) is 4.74. The van der Waals surface area contributed by atoms with E-state index in [0.29, 0.717) is 26.1 Å². The zero-order valence-electron chi connectivity index (χ0n) is 12.2. The van der Waals surface area contributed by atoms with Gasteiger partial charge < -0.3 is 10.5 Å². The minimum Gasteiger partial charge on any atom is -0.492 e.